The average Bonchev–Trinajstić information content (AvgIpc) is 3.08. The van der Waals surface area contributed by atoms with Crippen LogP contribution in [0.4, 0.5) is 5.69 Å². The molecule has 19 heavy (non-hydrogen) atoms. The first-order valence-electron chi connectivity index (χ1n) is 6.68. The predicted octanol–water partition coefficient (Wildman–Crippen LogP) is 2.63. The van der Waals surface area contributed by atoms with Gasteiger partial charge < -0.3 is 14.7 Å². The molecule has 0 aromatic heterocycles. The lowest BCUT2D eigenvalue weighted by Crippen LogP contribution is -2.21. The van der Waals surface area contributed by atoms with Crippen molar-refractivity contribution in [2.75, 3.05) is 18.5 Å². The molecule has 1 fully saturated rings. The summed E-state index contributed by atoms with van der Waals surface area (Å²) < 4.78 is 5.59. The summed E-state index contributed by atoms with van der Waals surface area (Å²) in [6.45, 7) is 4.79. The smallest absolute Gasteiger partial charge is 0.306 e. The van der Waals surface area contributed by atoms with Crippen LogP contribution in [-0.4, -0.2) is 30.8 Å². The molecule has 0 spiro atoms. The number of hydrogen-bond donors (Lipinski definition) is 1. The van der Waals surface area contributed by atoms with Gasteiger partial charge in [-0.1, -0.05) is 0 Å². The zero-order chi connectivity index (χ0) is 14.0. The highest BCUT2D eigenvalue weighted by molar-refractivity contribution is 5.73. The predicted molar refractivity (Wildman–Crippen MR) is 74.7 cm³/mol. The van der Waals surface area contributed by atoms with Gasteiger partial charge in [0.25, 0.3) is 0 Å². The molecule has 1 saturated carbocycles. The summed E-state index contributed by atoms with van der Waals surface area (Å²) in [5.74, 6) is 0.334. The maximum absolute atomic E-state index is 10.8. The minimum Gasteiger partial charge on any atom is -0.491 e. The molecule has 0 bridgehead atoms. The van der Waals surface area contributed by atoms with Gasteiger partial charge in [-0.25, -0.2) is 0 Å². The number of rotatable bonds is 6. The van der Waals surface area contributed by atoms with Crippen molar-refractivity contribution >= 4 is 11.7 Å². The zero-order valence-electron chi connectivity index (χ0n) is 11.7. The fourth-order valence-electron chi connectivity index (χ4n) is 2.26. The summed E-state index contributed by atoms with van der Waals surface area (Å²) in [5, 5.41) is 8.89. The highest BCUT2D eigenvalue weighted by atomic mass is 16.5. The SMILES string of the molecule is CC(C)Oc1ccc(N(C)CC2CC2C(=O)O)cc1. The van der Waals surface area contributed by atoms with E-state index < -0.39 is 5.97 Å². The average molecular weight is 263 g/mol. The maximum Gasteiger partial charge on any atom is 0.306 e. The first kappa shape index (κ1) is 13.7. The van der Waals surface area contributed by atoms with Crippen molar-refractivity contribution in [3.05, 3.63) is 24.3 Å². The number of nitrogens with zero attached hydrogens (tertiary/aromatic N) is 1. The lowest BCUT2D eigenvalue weighted by Gasteiger charge is -2.20. The van der Waals surface area contributed by atoms with Gasteiger partial charge in [0.1, 0.15) is 5.75 Å². The van der Waals surface area contributed by atoms with Crippen molar-refractivity contribution in [3.63, 3.8) is 0 Å². The van der Waals surface area contributed by atoms with Crippen molar-refractivity contribution in [1.29, 1.82) is 0 Å². The highest BCUT2D eigenvalue weighted by Crippen LogP contribution is 2.39. The van der Waals surface area contributed by atoms with E-state index in [9.17, 15) is 4.79 Å². The van der Waals surface area contributed by atoms with Crippen molar-refractivity contribution in [1.82, 2.24) is 0 Å². The number of aliphatic carboxylic acids is 1. The summed E-state index contributed by atoms with van der Waals surface area (Å²) in [5.41, 5.74) is 1.09. The van der Waals surface area contributed by atoms with Gasteiger partial charge in [-0.15, -0.1) is 0 Å². The van der Waals surface area contributed by atoms with Crippen LogP contribution in [0.2, 0.25) is 0 Å². The number of anilines is 1. The van der Waals surface area contributed by atoms with Crippen LogP contribution in [-0.2, 0) is 4.79 Å². The molecule has 2 rings (SSSR count). The minimum absolute atomic E-state index is 0.147. The third kappa shape index (κ3) is 3.63. The second-order valence-corrected chi connectivity index (χ2v) is 5.48. The first-order valence-corrected chi connectivity index (χ1v) is 6.68. The zero-order valence-corrected chi connectivity index (χ0v) is 11.7. The lowest BCUT2D eigenvalue weighted by atomic mass is 10.2. The third-order valence-electron chi connectivity index (χ3n) is 3.40. The van der Waals surface area contributed by atoms with Crippen LogP contribution in [0.5, 0.6) is 5.75 Å². The maximum atomic E-state index is 10.8. The molecule has 0 heterocycles. The molecule has 1 aromatic rings. The van der Waals surface area contributed by atoms with E-state index in [2.05, 4.69) is 4.90 Å². The molecular formula is C15H21NO3. The minimum atomic E-state index is -0.668. The molecule has 0 aliphatic heterocycles. The largest absolute Gasteiger partial charge is 0.491 e. The Morgan fingerprint density at radius 2 is 2.05 bits per heavy atom. The number of carboxylic acid groups (broad SMARTS) is 1. The molecule has 104 valence electrons. The van der Waals surface area contributed by atoms with Gasteiger partial charge >= 0.3 is 5.97 Å². The fraction of sp³-hybridized carbons (Fsp3) is 0.533. The topological polar surface area (TPSA) is 49.8 Å². The molecule has 1 aliphatic carbocycles. The van der Waals surface area contributed by atoms with E-state index in [0.717, 1.165) is 24.4 Å². The lowest BCUT2D eigenvalue weighted by molar-refractivity contribution is -0.138. The quantitative estimate of drug-likeness (QED) is 0.857. The summed E-state index contributed by atoms with van der Waals surface area (Å²) in [6, 6.07) is 7.92. The van der Waals surface area contributed by atoms with E-state index >= 15 is 0 Å². The second-order valence-electron chi connectivity index (χ2n) is 5.48. The molecule has 4 nitrogen and oxygen atoms in total. The highest BCUT2D eigenvalue weighted by Gasteiger charge is 2.43. The van der Waals surface area contributed by atoms with Gasteiger partial charge in [-0.2, -0.15) is 0 Å². The van der Waals surface area contributed by atoms with E-state index in [-0.39, 0.29) is 17.9 Å². The Labute approximate surface area is 114 Å². The van der Waals surface area contributed by atoms with Crippen molar-refractivity contribution < 1.29 is 14.6 Å². The number of carbonyl (C=O) groups is 1. The standard InChI is InChI=1S/C15H21NO3/c1-10(2)19-13-6-4-12(5-7-13)16(3)9-11-8-14(11)15(17)18/h4-7,10-11,14H,8-9H2,1-3H3,(H,17,18). The fourth-order valence-corrected chi connectivity index (χ4v) is 2.26. The molecule has 0 amide bonds. The second kappa shape index (κ2) is 5.51. The Kier molecular flexibility index (Phi) is 3.98. The van der Waals surface area contributed by atoms with Crippen LogP contribution < -0.4 is 9.64 Å². The molecular weight excluding hydrogens is 242 g/mol. The van der Waals surface area contributed by atoms with Crippen LogP contribution >= 0.6 is 0 Å². The molecule has 4 heteroatoms. The van der Waals surface area contributed by atoms with Gasteiger partial charge in [0.15, 0.2) is 0 Å². The van der Waals surface area contributed by atoms with Crippen molar-refractivity contribution in [3.8, 4) is 5.75 Å². The van der Waals surface area contributed by atoms with E-state index in [1.807, 2.05) is 45.2 Å². The van der Waals surface area contributed by atoms with Gasteiger partial charge in [0.2, 0.25) is 0 Å². The number of carboxylic acids is 1. The Morgan fingerprint density at radius 1 is 1.42 bits per heavy atom. The summed E-state index contributed by atoms with van der Waals surface area (Å²) in [4.78, 5) is 12.9. The summed E-state index contributed by atoms with van der Waals surface area (Å²) in [6.07, 6.45) is 0.972. The normalized spacial score (nSPS) is 21.3. The summed E-state index contributed by atoms with van der Waals surface area (Å²) in [7, 11) is 2.00. The van der Waals surface area contributed by atoms with Crippen LogP contribution in [0.3, 0.4) is 0 Å². The molecule has 1 aromatic carbocycles. The van der Waals surface area contributed by atoms with Crippen LogP contribution in [0.1, 0.15) is 20.3 Å². The van der Waals surface area contributed by atoms with Crippen molar-refractivity contribution in [2.45, 2.75) is 26.4 Å². The molecule has 1 aliphatic rings. The Morgan fingerprint density at radius 3 is 2.53 bits per heavy atom. The molecule has 1 N–H and O–H groups in total. The Hall–Kier alpha value is -1.71. The third-order valence-corrected chi connectivity index (χ3v) is 3.40. The first-order chi connectivity index (χ1) is 8.97. The van der Waals surface area contributed by atoms with E-state index in [4.69, 9.17) is 9.84 Å². The molecule has 0 saturated heterocycles. The van der Waals surface area contributed by atoms with Gasteiger partial charge in [-0.3, -0.25) is 4.79 Å². The molecule has 2 unspecified atom stereocenters. The van der Waals surface area contributed by atoms with Gasteiger partial charge in [0.05, 0.1) is 12.0 Å². The van der Waals surface area contributed by atoms with Gasteiger partial charge in [0, 0.05) is 19.3 Å². The van der Waals surface area contributed by atoms with Crippen LogP contribution in [0, 0.1) is 11.8 Å². The van der Waals surface area contributed by atoms with Crippen LogP contribution in [0.15, 0.2) is 24.3 Å². The van der Waals surface area contributed by atoms with Crippen LogP contribution in [0.25, 0.3) is 0 Å². The number of ether oxygens (including phenoxy) is 1. The summed E-state index contributed by atoms with van der Waals surface area (Å²) >= 11 is 0. The monoisotopic (exact) mass is 263 g/mol. The molecule has 0 radical (unpaired) electrons. The Bertz CT molecular complexity index is 441. The number of benzene rings is 1. The Balaban J connectivity index is 1.89. The van der Waals surface area contributed by atoms with E-state index in [0.29, 0.717) is 0 Å². The van der Waals surface area contributed by atoms with E-state index in [1.165, 1.54) is 0 Å². The molecule has 2 atom stereocenters. The van der Waals surface area contributed by atoms with Crippen molar-refractivity contribution in [2.24, 2.45) is 11.8 Å². The number of hydrogen-bond acceptors (Lipinski definition) is 3. The van der Waals surface area contributed by atoms with Gasteiger partial charge in [-0.05, 0) is 50.5 Å². The van der Waals surface area contributed by atoms with E-state index in [1.54, 1.807) is 0 Å².